The van der Waals surface area contributed by atoms with Crippen LogP contribution in [0.4, 0.5) is 5.69 Å². The molecule has 1 saturated heterocycles. The largest absolute Gasteiger partial charge is 0.395 e. The van der Waals surface area contributed by atoms with E-state index in [1.807, 2.05) is 38.1 Å². The Morgan fingerprint density at radius 2 is 2.22 bits per heavy atom. The number of aliphatic hydroxyl groups excluding tert-OH is 1. The number of piperazine rings is 1. The van der Waals surface area contributed by atoms with Gasteiger partial charge in [-0.25, -0.2) is 0 Å². The fourth-order valence-electron chi connectivity index (χ4n) is 2.07. The zero-order valence-corrected chi connectivity index (χ0v) is 10.9. The minimum atomic E-state index is -0.285. The van der Waals surface area contributed by atoms with Crippen LogP contribution in [0.25, 0.3) is 0 Å². The van der Waals surface area contributed by atoms with Crippen molar-refractivity contribution >= 4 is 11.6 Å². The molecule has 98 valence electrons. The number of hydrogen-bond donors (Lipinski definition) is 2. The van der Waals surface area contributed by atoms with Crippen LogP contribution in [-0.2, 0) is 10.2 Å². The molecule has 0 aliphatic carbocycles. The molecule has 0 saturated carbocycles. The summed E-state index contributed by atoms with van der Waals surface area (Å²) in [4.78, 5) is 13.6. The molecule has 1 fully saturated rings. The number of nitrogens with zero attached hydrogens (tertiary/aromatic N) is 1. The van der Waals surface area contributed by atoms with Crippen LogP contribution in [0.2, 0.25) is 0 Å². The predicted molar refractivity (Wildman–Crippen MR) is 71.8 cm³/mol. The summed E-state index contributed by atoms with van der Waals surface area (Å²) in [6.07, 6.45) is 0. The van der Waals surface area contributed by atoms with E-state index in [9.17, 15) is 9.90 Å². The zero-order chi connectivity index (χ0) is 13.2. The Balaban J connectivity index is 2.29. The maximum absolute atomic E-state index is 11.8. The summed E-state index contributed by atoms with van der Waals surface area (Å²) in [6, 6.07) is 7.88. The summed E-state index contributed by atoms with van der Waals surface area (Å²) in [5, 5.41) is 12.5. The van der Waals surface area contributed by atoms with Crippen molar-refractivity contribution < 1.29 is 9.90 Å². The molecule has 0 bridgehead atoms. The van der Waals surface area contributed by atoms with E-state index in [1.165, 1.54) is 0 Å². The Morgan fingerprint density at radius 3 is 2.89 bits per heavy atom. The van der Waals surface area contributed by atoms with E-state index in [0.29, 0.717) is 13.1 Å². The molecule has 1 aromatic carbocycles. The van der Waals surface area contributed by atoms with Crippen molar-refractivity contribution in [3.05, 3.63) is 29.8 Å². The molecule has 18 heavy (non-hydrogen) atoms. The van der Waals surface area contributed by atoms with Gasteiger partial charge in [0.15, 0.2) is 0 Å². The summed E-state index contributed by atoms with van der Waals surface area (Å²) < 4.78 is 0. The van der Waals surface area contributed by atoms with Crippen LogP contribution in [0.15, 0.2) is 24.3 Å². The SMILES string of the molecule is CC(C)(CO)c1cccc(N2CCNCC2=O)c1. The predicted octanol–water partition coefficient (Wildman–Crippen LogP) is 0.893. The zero-order valence-electron chi connectivity index (χ0n) is 10.9. The van der Waals surface area contributed by atoms with Gasteiger partial charge in [0.2, 0.25) is 5.91 Å². The summed E-state index contributed by atoms with van der Waals surface area (Å²) in [5.74, 6) is 0.0974. The van der Waals surface area contributed by atoms with Gasteiger partial charge in [-0.3, -0.25) is 4.79 Å². The molecule has 4 heteroatoms. The highest BCUT2D eigenvalue weighted by Crippen LogP contribution is 2.26. The molecule has 2 rings (SSSR count). The van der Waals surface area contributed by atoms with E-state index in [1.54, 1.807) is 4.90 Å². The monoisotopic (exact) mass is 248 g/mol. The van der Waals surface area contributed by atoms with Gasteiger partial charge in [0.05, 0.1) is 13.2 Å². The van der Waals surface area contributed by atoms with E-state index in [-0.39, 0.29) is 17.9 Å². The Morgan fingerprint density at radius 1 is 1.44 bits per heavy atom. The molecule has 1 aromatic rings. The van der Waals surface area contributed by atoms with Gasteiger partial charge < -0.3 is 15.3 Å². The van der Waals surface area contributed by atoms with Gasteiger partial charge in [0.25, 0.3) is 0 Å². The smallest absolute Gasteiger partial charge is 0.240 e. The van der Waals surface area contributed by atoms with Crippen LogP contribution in [0.1, 0.15) is 19.4 Å². The van der Waals surface area contributed by atoms with E-state index in [4.69, 9.17) is 0 Å². The molecule has 0 spiro atoms. The summed E-state index contributed by atoms with van der Waals surface area (Å²) in [6.45, 7) is 5.98. The lowest BCUT2D eigenvalue weighted by Crippen LogP contribution is -2.48. The third-order valence-electron chi connectivity index (χ3n) is 3.42. The van der Waals surface area contributed by atoms with E-state index in [0.717, 1.165) is 17.8 Å². The van der Waals surface area contributed by atoms with Gasteiger partial charge in [-0.1, -0.05) is 26.0 Å². The number of aliphatic hydroxyl groups is 1. The highest BCUT2D eigenvalue weighted by Gasteiger charge is 2.23. The summed E-state index contributed by atoms with van der Waals surface area (Å²) >= 11 is 0. The molecule has 1 amide bonds. The average Bonchev–Trinajstić information content (AvgIpc) is 2.39. The van der Waals surface area contributed by atoms with Crippen LogP contribution in [-0.4, -0.2) is 37.3 Å². The molecule has 0 unspecified atom stereocenters. The molecule has 0 aromatic heterocycles. The van der Waals surface area contributed by atoms with Gasteiger partial charge >= 0.3 is 0 Å². The summed E-state index contributed by atoms with van der Waals surface area (Å²) in [5.41, 5.74) is 1.68. The van der Waals surface area contributed by atoms with Crippen LogP contribution in [0, 0.1) is 0 Å². The van der Waals surface area contributed by atoms with Crippen molar-refractivity contribution in [2.75, 3.05) is 31.1 Å². The van der Waals surface area contributed by atoms with Crippen molar-refractivity contribution in [1.29, 1.82) is 0 Å². The average molecular weight is 248 g/mol. The molecule has 1 heterocycles. The first kappa shape index (κ1) is 13.1. The maximum atomic E-state index is 11.8. The molecule has 0 radical (unpaired) electrons. The van der Waals surface area contributed by atoms with E-state index >= 15 is 0 Å². The van der Waals surface area contributed by atoms with Crippen molar-refractivity contribution in [2.45, 2.75) is 19.3 Å². The van der Waals surface area contributed by atoms with Crippen LogP contribution < -0.4 is 10.2 Å². The number of benzene rings is 1. The molecule has 0 atom stereocenters. The minimum absolute atomic E-state index is 0.0892. The van der Waals surface area contributed by atoms with Crippen molar-refractivity contribution in [3.8, 4) is 0 Å². The van der Waals surface area contributed by atoms with Gasteiger partial charge in [0, 0.05) is 24.2 Å². The van der Waals surface area contributed by atoms with Gasteiger partial charge in [-0.05, 0) is 17.7 Å². The Hall–Kier alpha value is -1.39. The molecule has 1 aliphatic rings. The lowest BCUT2D eigenvalue weighted by atomic mass is 9.85. The number of hydrogen-bond acceptors (Lipinski definition) is 3. The first-order valence-corrected chi connectivity index (χ1v) is 6.27. The van der Waals surface area contributed by atoms with Gasteiger partial charge in [0.1, 0.15) is 0 Å². The summed E-state index contributed by atoms with van der Waals surface area (Å²) in [7, 11) is 0. The van der Waals surface area contributed by atoms with Crippen LogP contribution in [0.3, 0.4) is 0 Å². The van der Waals surface area contributed by atoms with E-state index < -0.39 is 0 Å². The highest BCUT2D eigenvalue weighted by atomic mass is 16.3. The first-order chi connectivity index (χ1) is 8.54. The van der Waals surface area contributed by atoms with Crippen molar-refractivity contribution in [1.82, 2.24) is 5.32 Å². The number of rotatable bonds is 3. The van der Waals surface area contributed by atoms with Gasteiger partial charge in [-0.2, -0.15) is 0 Å². The second-order valence-electron chi connectivity index (χ2n) is 5.31. The fraction of sp³-hybridized carbons (Fsp3) is 0.500. The third-order valence-corrected chi connectivity index (χ3v) is 3.42. The Kier molecular flexibility index (Phi) is 3.68. The van der Waals surface area contributed by atoms with Crippen molar-refractivity contribution in [2.24, 2.45) is 0 Å². The molecule has 2 N–H and O–H groups in total. The number of anilines is 1. The number of nitrogens with one attached hydrogen (secondary N) is 1. The maximum Gasteiger partial charge on any atom is 0.240 e. The standard InChI is InChI=1S/C14H20N2O2/c1-14(2,10-17)11-4-3-5-12(8-11)16-7-6-15-9-13(16)18/h3-5,8,15,17H,6-7,9-10H2,1-2H3. The Bertz CT molecular complexity index is 443. The first-order valence-electron chi connectivity index (χ1n) is 6.27. The lowest BCUT2D eigenvalue weighted by Gasteiger charge is -2.29. The topological polar surface area (TPSA) is 52.6 Å². The number of carbonyl (C=O) groups excluding carboxylic acids is 1. The molecule has 4 nitrogen and oxygen atoms in total. The molecular formula is C14H20N2O2. The van der Waals surface area contributed by atoms with Gasteiger partial charge in [-0.15, -0.1) is 0 Å². The van der Waals surface area contributed by atoms with Crippen molar-refractivity contribution in [3.63, 3.8) is 0 Å². The second-order valence-corrected chi connectivity index (χ2v) is 5.31. The number of amides is 1. The highest BCUT2D eigenvalue weighted by molar-refractivity contribution is 5.95. The molecular weight excluding hydrogens is 228 g/mol. The fourth-order valence-corrected chi connectivity index (χ4v) is 2.07. The van der Waals surface area contributed by atoms with E-state index in [2.05, 4.69) is 5.32 Å². The minimum Gasteiger partial charge on any atom is -0.395 e. The Labute approximate surface area is 108 Å². The quantitative estimate of drug-likeness (QED) is 0.835. The number of carbonyl (C=O) groups is 1. The lowest BCUT2D eigenvalue weighted by molar-refractivity contribution is -0.118. The molecule has 1 aliphatic heterocycles. The second kappa shape index (κ2) is 5.08. The van der Waals surface area contributed by atoms with Crippen LogP contribution in [0.5, 0.6) is 0 Å². The normalized spacial score (nSPS) is 17.1. The van der Waals surface area contributed by atoms with Crippen LogP contribution >= 0.6 is 0 Å². The third kappa shape index (κ3) is 2.54.